The van der Waals surface area contributed by atoms with Crippen LogP contribution in [0.3, 0.4) is 0 Å². The van der Waals surface area contributed by atoms with Crippen LogP contribution < -0.4 is 11.1 Å². The number of fused-ring (bicyclic) bond motifs is 1. The average molecular weight is 287 g/mol. The number of amides is 1. The maximum atomic E-state index is 12.0. The van der Waals surface area contributed by atoms with Crippen LogP contribution in [0.2, 0.25) is 0 Å². The van der Waals surface area contributed by atoms with Gasteiger partial charge < -0.3 is 11.1 Å². The van der Waals surface area contributed by atoms with E-state index >= 15 is 0 Å². The minimum atomic E-state index is -0.0729. The molecule has 0 saturated carbocycles. The maximum Gasteiger partial charge on any atom is 0.251 e. The Morgan fingerprint density at radius 3 is 2.62 bits per heavy atom. The van der Waals surface area contributed by atoms with Crippen molar-refractivity contribution < 1.29 is 4.79 Å². The first-order valence-corrected chi connectivity index (χ1v) is 7.48. The highest BCUT2D eigenvalue weighted by Crippen LogP contribution is 2.19. The van der Waals surface area contributed by atoms with Crippen LogP contribution in [0.4, 0.5) is 0 Å². The third-order valence-electron chi connectivity index (χ3n) is 3.07. The lowest BCUT2D eigenvalue weighted by atomic mass is 10.1. The number of nitrogens with zero attached hydrogens (tertiary/aromatic N) is 1. The van der Waals surface area contributed by atoms with E-state index in [-0.39, 0.29) is 5.91 Å². The molecule has 2 aromatic rings. The summed E-state index contributed by atoms with van der Waals surface area (Å²) >= 11 is 0. The molecule has 0 aliphatic heterocycles. The highest BCUT2D eigenvalue weighted by Gasteiger charge is 2.07. The summed E-state index contributed by atoms with van der Waals surface area (Å²) in [5.74, 6) is -0.0729. The van der Waals surface area contributed by atoms with Gasteiger partial charge in [0.25, 0.3) is 5.91 Å². The lowest BCUT2D eigenvalue weighted by molar-refractivity contribution is 0.0953. The van der Waals surface area contributed by atoms with Gasteiger partial charge in [0.15, 0.2) is 0 Å². The number of pyridine rings is 1. The van der Waals surface area contributed by atoms with Gasteiger partial charge >= 0.3 is 0 Å². The second-order valence-electron chi connectivity index (χ2n) is 4.71. The normalized spacial score (nSPS) is 9.95. The van der Waals surface area contributed by atoms with Crippen LogP contribution in [-0.2, 0) is 0 Å². The van der Waals surface area contributed by atoms with Gasteiger partial charge in [0.2, 0.25) is 0 Å². The van der Waals surface area contributed by atoms with Crippen molar-refractivity contribution in [3.05, 3.63) is 41.1 Å². The smallest absolute Gasteiger partial charge is 0.251 e. The number of nitrogens with one attached hydrogen (secondary N) is 1. The van der Waals surface area contributed by atoms with E-state index in [1.807, 2.05) is 45.0 Å². The van der Waals surface area contributed by atoms with E-state index in [4.69, 9.17) is 5.73 Å². The molecule has 114 valence electrons. The molecule has 1 amide bonds. The van der Waals surface area contributed by atoms with Crippen molar-refractivity contribution in [2.24, 2.45) is 5.73 Å². The van der Waals surface area contributed by atoms with Crippen LogP contribution in [-0.4, -0.2) is 24.0 Å². The Morgan fingerprint density at radius 2 is 1.95 bits per heavy atom. The van der Waals surface area contributed by atoms with Crippen LogP contribution in [0.1, 0.15) is 41.9 Å². The van der Waals surface area contributed by atoms with Crippen molar-refractivity contribution in [1.82, 2.24) is 10.3 Å². The topological polar surface area (TPSA) is 68.0 Å². The number of carbonyl (C=O) groups is 1. The lowest BCUT2D eigenvalue weighted by Crippen LogP contribution is -2.25. The molecule has 2 rings (SSSR count). The van der Waals surface area contributed by atoms with Gasteiger partial charge in [0.05, 0.1) is 5.52 Å². The van der Waals surface area contributed by atoms with Gasteiger partial charge in [-0.25, -0.2) is 0 Å². The molecule has 4 heteroatoms. The second kappa shape index (κ2) is 8.37. The molecular weight excluding hydrogens is 262 g/mol. The summed E-state index contributed by atoms with van der Waals surface area (Å²) in [6, 6.07) is 7.68. The summed E-state index contributed by atoms with van der Waals surface area (Å²) in [4.78, 5) is 16.4. The molecule has 0 radical (unpaired) electrons. The first-order valence-electron chi connectivity index (χ1n) is 7.48. The number of aryl methyl sites for hydroxylation is 2. The van der Waals surface area contributed by atoms with Gasteiger partial charge in [-0.05, 0) is 50.6 Å². The average Bonchev–Trinajstić information content (AvgIpc) is 2.48. The number of rotatable bonds is 4. The number of benzene rings is 1. The SMILES string of the molecule is CC.Cc1cc(C)c2ccc(C(=O)NCCCN)cc2n1. The number of carbonyl (C=O) groups excluding carboxylic acids is 1. The molecule has 3 N–H and O–H groups in total. The molecule has 4 nitrogen and oxygen atoms in total. The Morgan fingerprint density at radius 1 is 1.24 bits per heavy atom. The quantitative estimate of drug-likeness (QED) is 0.850. The van der Waals surface area contributed by atoms with Crippen molar-refractivity contribution in [3.63, 3.8) is 0 Å². The predicted molar refractivity (Wildman–Crippen MR) is 88.6 cm³/mol. The second-order valence-corrected chi connectivity index (χ2v) is 4.71. The molecular formula is C17H25N3O. The fourth-order valence-corrected chi connectivity index (χ4v) is 2.12. The lowest BCUT2D eigenvalue weighted by Gasteiger charge is -2.07. The van der Waals surface area contributed by atoms with Crippen LogP contribution in [0.25, 0.3) is 10.9 Å². The fraction of sp³-hybridized carbons (Fsp3) is 0.412. The van der Waals surface area contributed by atoms with Gasteiger partial charge in [-0.3, -0.25) is 9.78 Å². The van der Waals surface area contributed by atoms with E-state index in [0.29, 0.717) is 18.7 Å². The molecule has 1 heterocycles. The molecule has 0 saturated heterocycles. The maximum absolute atomic E-state index is 12.0. The van der Waals surface area contributed by atoms with Crippen LogP contribution in [0, 0.1) is 13.8 Å². The van der Waals surface area contributed by atoms with E-state index in [0.717, 1.165) is 23.0 Å². The Labute approximate surface area is 126 Å². The zero-order chi connectivity index (χ0) is 15.8. The molecule has 0 spiro atoms. The Hall–Kier alpha value is -1.94. The molecule has 0 aliphatic carbocycles. The van der Waals surface area contributed by atoms with Gasteiger partial charge in [0, 0.05) is 23.2 Å². The molecule has 21 heavy (non-hydrogen) atoms. The largest absolute Gasteiger partial charge is 0.352 e. The first kappa shape index (κ1) is 17.1. The van der Waals surface area contributed by atoms with E-state index in [1.165, 1.54) is 5.56 Å². The summed E-state index contributed by atoms with van der Waals surface area (Å²) in [5, 5.41) is 3.93. The first-order chi connectivity index (χ1) is 10.1. The minimum Gasteiger partial charge on any atom is -0.352 e. The van der Waals surface area contributed by atoms with Gasteiger partial charge in [0.1, 0.15) is 0 Å². The highest BCUT2D eigenvalue weighted by atomic mass is 16.1. The summed E-state index contributed by atoms with van der Waals surface area (Å²) < 4.78 is 0. The third kappa shape index (κ3) is 4.53. The Bertz CT molecular complexity index is 608. The van der Waals surface area contributed by atoms with Crippen molar-refractivity contribution in [2.45, 2.75) is 34.1 Å². The van der Waals surface area contributed by atoms with Crippen LogP contribution in [0.5, 0.6) is 0 Å². The minimum absolute atomic E-state index is 0.0729. The number of aromatic nitrogens is 1. The Balaban J connectivity index is 0.00000106. The van der Waals surface area contributed by atoms with Crippen molar-refractivity contribution in [1.29, 1.82) is 0 Å². The molecule has 0 aliphatic rings. The zero-order valence-electron chi connectivity index (χ0n) is 13.4. The predicted octanol–water partition coefficient (Wildman–Crippen LogP) is 2.96. The fourth-order valence-electron chi connectivity index (χ4n) is 2.12. The highest BCUT2D eigenvalue weighted by molar-refractivity contribution is 5.98. The van der Waals surface area contributed by atoms with E-state index in [1.54, 1.807) is 0 Å². The summed E-state index contributed by atoms with van der Waals surface area (Å²) in [6.07, 6.45) is 0.787. The monoisotopic (exact) mass is 287 g/mol. The van der Waals surface area contributed by atoms with Crippen molar-refractivity contribution in [2.75, 3.05) is 13.1 Å². The molecule has 0 atom stereocenters. The molecule has 0 bridgehead atoms. The van der Waals surface area contributed by atoms with Gasteiger partial charge in [-0.2, -0.15) is 0 Å². The summed E-state index contributed by atoms with van der Waals surface area (Å²) in [5.41, 5.74) is 9.05. The van der Waals surface area contributed by atoms with Gasteiger partial charge in [-0.15, -0.1) is 0 Å². The van der Waals surface area contributed by atoms with Crippen LogP contribution in [0.15, 0.2) is 24.3 Å². The number of hydrogen-bond donors (Lipinski definition) is 2. The van der Waals surface area contributed by atoms with Crippen molar-refractivity contribution >= 4 is 16.8 Å². The van der Waals surface area contributed by atoms with E-state index in [2.05, 4.69) is 17.2 Å². The molecule has 0 unspecified atom stereocenters. The van der Waals surface area contributed by atoms with Crippen molar-refractivity contribution in [3.8, 4) is 0 Å². The summed E-state index contributed by atoms with van der Waals surface area (Å²) in [7, 11) is 0. The molecule has 0 fully saturated rings. The summed E-state index contributed by atoms with van der Waals surface area (Å²) in [6.45, 7) is 9.20. The standard InChI is InChI=1S/C15H19N3O.C2H6/c1-10-8-11(2)18-14-9-12(4-5-13(10)14)15(19)17-7-3-6-16;1-2/h4-5,8-9H,3,6-7,16H2,1-2H3,(H,17,19);1-2H3. The van der Waals surface area contributed by atoms with E-state index in [9.17, 15) is 4.79 Å². The third-order valence-corrected chi connectivity index (χ3v) is 3.07. The van der Waals surface area contributed by atoms with E-state index < -0.39 is 0 Å². The zero-order valence-corrected chi connectivity index (χ0v) is 13.4. The van der Waals surface area contributed by atoms with Gasteiger partial charge in [-0.1, -0.05) is 19.9 Å². The number of hydrogen-bond acceptors (Lipinski definition) is 3. The number of nitrogens with two attached hydrogens (primary N) is 1. The molecule has 1 aromatic carbocycles. The Kier molecular flexibility index (Phi) is 6.82. The molecule has 1 aromatic heterocycles. The van der Waals surface area contributed by atoms with Crippen LogP contribution >= 0.6 is 0 Å².